The van der Waals surface area contributed by atoms with Crippen LogP contribution in [0.2, 0.25) is 0 Å². The number of nitrogens with zero attached hydrogens (tertiary/aromatic N) is 1. The second-order valence-corrected chi connectivity index (χ2v) is 4.27. The van der Waals surface area contributed by atoms with Crippen molar-refractivity contribution in [2.24, 2.45) is 5.90 Å². The minimum Gasteiger partial charge on any atom is -0.478 e. The molecule has 8 nitrogen and oxygen atoms in total. The molecule has 0 atom stereocenters. The summed E-state index contributed by atoms with van der Waals surface area (Å²) in [5.41, 5.74) is -0.0969. The lowest BCUT2D eigenvalue weighted by molar-refractivity contribution is -0.384. The van der Waals surface area contributed by atoms with Gasteiger partial charge < -0.3 is 9.94 Å². The summed E-state index contributed by atoms with van der Waals surface area (Å²) in [4.78, 5) is 37.8. The Morgan fingerprint density at radius 1 is 1.09 bits per heavy atom. The third kappa shape index (κ3) is 2.91. The molecule has 0 fully saturated rings. The number of hydrogen-bond donors (Lipinski definition) is 2. The number of nitro benzene ring substituents is 1. The zero-order chi connectivity index (χ0) is 16.3. The molecule has 0 aliphatic carbocycles. The van der Waals surface area contributed by atoms with Gasteiger partial charge in [-0.2, -0.15) is 5.90 Å². The summed E-state index contributed by atoms with van der Waals surface area (Å²) in [5, 5.41) is 19.6. The molecule has 0 aliphatic heterocycles. The summed E-state index contributed by atoms with van der Waals surface area (Å²) < 4.78 is 0. The molecular weight excluding hydrogens is 292 g/mol. The van der Waals surface area contributed by atoms with Crippen LogP contribution in [0.1, 0.15) is 26.3 Å². The molecule has 0 amide bonds. The van der Waals surface area contributed by atoms with Crippen LogP contribution in [0.3, 0.4) is 0 Å². The van der Waals surface area contributed by atoms with Crippen LogP contribution in [0, 0.1) is 10.1 Å². The first kappa shape index (κ1) is 15.1. The van der Waals surface area contributed by atoms with Crippen LogP contribution >= 0.6 is 0 Å². The Balaban J connectivity index is 2.39. The van der Waals surface area contributed by atoms with Crippen LogP contribution in [0.4, 0.5) is 5.69 Å². The molecule has 0 aliphatic rings. The topological polar surface area (TPSA) is 133 Å². The third-order valence-electron chi connectivity index (χ3n) is 2.94. The number of aromatic carboxylic acids is 1. The fraction of sp³-hybridized carbons (Fsp3) is 0. The minimum atomic E-state index is -1.29. The van der Waals surface area contributed by atoms with Crippen molar-refractivity contribution >= 4 is 17.4 Å². The summed E-state index contributed by atoms with van der Waals surface area (Å²) in [6, 6.07) is 8.75. The number of non-ortho nitro benzene ring substituents is 1. The van der Waals surface area contributed by atoms with Crippen LogP contribution < -0.4 is 10.7 Å². The van der Waals surface area contributed by atoms with Crippen LogP contribution in [-0.4, -0.2) is 21.8 Å². The predicted molar refractivity (Wildman–Crippen MR) is 74.7 cm³/mol. The number of nitrogens with two attached hydrogens (primary N) is 1. The average Bonchev–Trinajstić information content (AvgIpc) is 2.53. The van der Waals surface area contributed by atoms with Crippen LogP contribution in [-0.2, 0) is 0 Å². The average molecular weight is 302 g/mol. The molecule has 22 heavy (non-hydrogen) atoms. The van der Waals surface area contributed by atoms with Gasteiger partial charge in [0, 0.05) is 23.3 Å². The fourth-order valence-electron chi connectivity index (χ4n) is 1.84. The summed E-state index contributed by atoms with van der Waals surface area (Å²) in [6.07, 6.45) is 0. The number of carboxylic acid groups (broad SMARTS) is 1. The third-order valence-corrected chi connectivity index (χ3v) is 2.94. The molecule has 2 aromatic carbocycles. The van der Waals surface area contributed by atoms with E-state index in [-0.39, 0.29) is 28.1 Å². The van der Waals surface area contributed by atoms with Crippen molar-refractivity contribution < 1.29 is 24.5 Å². The SMILES string of the molecule is NOc1ccc(C(=O)c2ccc([N+](=O)[O-])cc2)cc1C(=O)O. The number of carbonyl (C=O) groups excluding carboxylic acids is 1. The molecule has 8 heteroatoms. The van der Waals surface area contributed by atoms with Gasteiger partial charge in [0.05, 0.1) is 4.92 Å². The van der Waals surface area contributed by atoms with Gasteiger partial charge in [-0.05, 0) is 30.3 Å². The van der Waals surface area contributed by atoms with Gasteiger partial charge in [0.1, 0.15) is 5.56 Å². The van der Waals surface area contributed by atoms with Gasteiger partial charge in [0.2, 0.25) is 0 Å². The van der Waals surface area contributed by atoms with Gasteiger partial charge in [-0.25, -0.2) is 4.79 Å². The van der Waals surface area contributed by atoms with Crippen molar-refractivity contribution in [1.29, 1.82) is 0 Å². The summed E-state index contributed by atoms with van der Waals surface area (Å²) >= 11 is 0. The summed E-state index contributed by atoms with van der Waals surface area (Å²) in [5.74, 6) is 3.12. The van der Waals surface area contributed by atoms with E-state index in [9.17, 15) is 19.7 Å². The molecule has 0 heterocycles. The molecular formula is C14H10N2O6. The van der Waals surface area contributed by atoms with Crippen LogP contribution in [0.5, 0.6) is 5.75 Å². The lowest BCUT2D eigenvalue weighted by atomic mass is 10.0. The highest BCUT2D eigenvalue weighted by molar-refractivity contribution is 6.10. The number of rotatable bonds is 5. The Kier molecular flexibility index (Phi) is 4.14. The van der Waals surface area contributed by atoms with E-state index in [4.69, 9.17) is 11.0 Å². The minimum absolute atomic E-state index is 0.0762. The maximum atomic E-state index is 12.3. The first-order valence-corrected chi connectivity index (χ1v) is 5.97. The first-order chi connectivity index (χ1) is 10.4. The second kappa shape index (κ2) is 6.02. The molecule has 0 unspecified atom stereocenters. The van der Waals surface area contributed by atoms with Crippen molar-refractivity contribution in [1.82, 2.24) is 0 Å². The highest BCUT2D eigenvalue weighted by Crippen LogP contribution is 2.22. The van der Waals surface area contributed by atoms with E-state index in [0.717, 1.165) is 6.07 Å². The van der Waals surface area contributed by atoms with E-state index in [0.29, 0.717) is 0 Å². The van der Waals surface area contributed by atoms with Crippen molar-refractivity contribution in [2.45, 2.75) is 0 Å². The Labute approximate surface area is 123 Å². The molecule has 0 saturated heterocycles. The second-order valence-electron chi connectivity index (χ2n) is 4.27. The highest BCUT2D eigenvalue weighted by atomic mass is 16.6. The Hall–Kier alpha value is -3.26. The molecule has 0 radical (unpaired) electrons. The number of carboxylic acids is 1. The number of nitro groups is 1. The van der Waals surface area contributed by atoms with E-state index in [1.54, 1.807) is 0 Å². The fourth-order valence-corrected chi connectivity index (χ4v) is 1.84. The predicted octanol–water partition coefficient (Wildman–Crippen LogP) is 1.78. The molecule has 0 saturated carbocycles. The largest absolute Gasteiger partial charge is 0.478 e. The molecule has 2 rings (SSSR count). The lowest BCUT2D eigenvalue weighted by Crippen LogP contribution is -2.10. The van der Waals surface area contributed by atoms with Gasteiger partial charge in [-0.15, -0.1) is 0 Å². The van der Waals surface area contributed by atoms with E-state index >= 15 is 0 Å². The standard InChI is InChI=1S/C14H10N2O6/c15-22-12-6-3-9(7-11(12)14(18)19)13(17)8-1-4-10(5-2-8)16(20)21/h1-7H,15H2,(H,18,19). The number of carbonyl (C=O) groups is 2. The van der Waals surface area contributed by atoms with Gasteiger partial charge >= 0.3 is 5.97 Å². The smallest absolute Gasteiger partial charge is 0.339 e. The number of hydrogen-bond acceptors (Lipinski definition) is 6. The van der Waals surface area contributed by atoms with Crippen molar-refractivity contribution in [3.8, 4) is 5.75 Å². The van der Waals surface area contributed by atoms with E-state index in [2.05, 4.69) is 4.84 Å². The van der Waals surface area contributed by atoms with Gasteiger partial charge in [-0.3, -0.25) is 14.9 Å². The van der Waals surface area contributed by atoms with Crippen LogP contribution in [0.15, 0.2) is 42.5 Å². The maximum absolute atomic E-state index is 12.3. The normalized spacial score (nSPS) is 10.0. The highest BCUT2D eigenvalue weighted by Gasteiger charge is 2.17. The summed E-state index contributed by atoms with van der Waals surface area (Å²) in [6.45, 7) is 0. The van der Waals surface area contributed by atoms with Crippen LogP contribution in [0.25, 0.3) is 0 Å². The Morgan fingerprint density at radius 3 is 2.18 bits per heavy atom. The van der Waals surface area contributed by atoms with Gasteiger partial charge in [-0.1, -0.05) is 0 Å². The molecule has 0 spiro atoms. The van der Waals surface area contributed by atoms with Crippen molar-refractivity contribution in [2.75, 3.05) is 0 Å². The maximum Gasteiger partial charge on any atom is 0.339 e. The van der Waals surface area contributed by atoms with Crippen molar-refractivity contribution in [3.63, 3.8) is 0 Å². The number of benzene rings is 2. The van der Waals surface area contributed by atoms with E-state index < -0.39 is 16.7 Å². The van der Waals surface area contributed by atoms with E-state index in [1.165, 1.54) is 36.4 Å². The molecule has 2 aromatic rings. The monoisotopic (exact) mass is 302 g/mol. The Morgan fingerprint density at radius 2 is 1.68 bits per heavy atom. The molecule has 0 bridgehead atoms. The van der Waals surface area contributed by atoms with Crippen molar-refractivity contribution in [3.05, 3.63) is 69.3 Å². The van der Waals surface area contributed by atoms with E-state index in [1.807, 2.05) is 0 Å². The number of ketones is 1. The molecule has 0 aromatic heterocycles. The zero-order valence-electron chi connectivity index (χ0n) is 11.1. The lowest BCUT2D eigenvalue weighted by Gasteiger charge is -2.06. The van der Waals surface area contributed by atoms with Gasteiger partial charge in [0.25, 0.3) is 5.69 Å². The first-order valence-electron chi connectivity index (χ1n) is 5.97. The zero-order valence-corrected chi connectivity index (χ0v) is 11.1. The van der Waals surface area contributed by atoms with Gasteiger partial charge in [0.15, 0.2) is 11.5 Å². The molecule has 3 N–H and O–H groups in total. The Bertz CT molecular complexity index is 754. The summed E-state index contributed by atoms with van der Waals surface area (Å²) in [7, 11) is 0. The quantitative estimate of drug-likeness (QED) is 0.488. The molecule has 112 valence electrons.